The highest BCUT2D eigenvalue weighted by Crippen LogP contribution is 2.22. The monoisotopic (exact) mass is 425 g/mol. The molecule has 0 atom stereocenters. The SMILES string of the molecule is CCNC(=NCCNC(=O)c1ccc(O)cc1)N1CCN(c2cccc(OC)c2)CC1. The van der Waals surface area contributed by atoms with Crippen LogP contribution in [0.5, 0.6) is 11.5 Å². The molecule has 0 aliphatic carbocycles. The molecule has 0 saturated carbocycles. The van der Waals surface area contributed by atoms with Crippen molar-refractivity contribution in [2.75, 3.05) is 57.8 Å². The maximum atomic E-state index is 12.2. The number of phenolic OH excluding ortho intramolecular Hbond substituents is 1. The number of ether oxygens (including phenoxy) is 1. The Morgan fingerprint density at radius 3 is 2.52 bits per heavy atom. The number of nitrogens with zero attached hydrogens (tertiary/aromatic N) is 3. The molecular weight excluding hydrogens is 394 g/mol. The van der Waals surface area contributed by atoms with Crippen molar-refractivity contribution in [1.29, 1.82) is 0 Å². The average Bonchev–Trinajstić information content (AvgIpc) is 2.81. The fourth-order valence-electron chi connectivity index (χ4n) is 3.46. The van der Waals surface area contributed by atoms with Gasteiger partial charge in [0, 0.05) is 56.6 Å². The van der Waals surface area contributed by atoms with Crippen molar-refractivity contribution in [1.82, 2.24) is 15.5 Å². The van der Waals surface area contributed by atoms with Gasteiger partial charge in [0.05, 0.1) is 13.7 Å². The van der Waals surface area contributed by atoms with Crippen molar-refractivity contribution in [3.63, 3.8) is 0 Å². The average molecular weight is 426 g/mol. The van der Waals surface area contributed by atoms with Gasteiger partial charge in [-0.05, 0) is 43.3 Å². The summed E-state index contributed by atoms with van der Waals surface area (Å²) in [6.45, 7) is 7.29. The molecule has 1 amide bonds. The third-order valence-corrected chi connectivity index (χ3v) is 5.12. The van der Waals surface area contributed by atoms with Crippen LogP contribution in [0.2, 0.25) is 0 Å². The largest absolute Gasteiger partial charge is 0.508 e. The van der Waals surface area contributed by atoms with E-state index in [-0.39, 0.29) is 11.7 Å². The second kappa shape index (κ2) is 11.1. The number of anilines is 1. The molecule has 166 valence electrons. The summed E-state index contributed by atoms with van der Waals surface area (Å²) >= 11 is 0. The molecule has 1 heterocycles. The highest BCUT2D eigenvalue weighted by atomic mass is 16.5. The van der Waals surface area contributed by atoms with Crippen LogP contribution in [0.4, 0.5) is 5.69 Å². The van der Waals surface area contributed by atoms with Crippen LogP contribution in [-0.2, 0) is 0 Å². The third-order valence-electron chi connectivity index (χ3n) is 5.12. The summed E-state index contributed by atoms with van der Waals surface area (Å²) in [5.41, 5.74) is 1.68. The Labute approximate surface area is 183 Å². The Morgan fingerprint density at radius 1 is 1.10 bits per heavy atom. The minimum absolute atomic E-state index is 0.142. The summed E-state index contributed by atoms with van der Waals surface area (Å²) in [7, 11) is 1.68. The van der Waals surface area contributed by atoms with E-state index in [1.165, 1.54) is 12.1 Å². The minimum atomic E-state index is -0.174. The van der Waals surface area contributed by atoms with Gasteiger partial charge in [0.15, 0.2) is 5.96 Å². The summed E-state index contributed by atoms with van der Waals surface area (Å²) in [4.78, 5) is 21.4. The van der Waals surface area contributed by atoms with E-state index in [9.17, 15) is 9.90 Å². The van der Waals surface area contributed by atoms with Crippen molar-refractivity contribution in [2.24, 2.45) is 4.99 Å². The van der Waals surface area contributed by atoms with Crippen molar-refractivity contribution < 1.29 is 14.6 Å². The number of hydrogen-bond acceptors (Lipinski definition) is 5. The van der Waals surface area contributed by atoms with Crippen LogP contribution in [0.25, 0.3) is 0 Å². The molecule has 1 aliphatic heterocycles. The standard InChI is InChI=1S/C23H31N5O3/c1-3-24-23(26-12-11-25-22(30)18-7-9-20(29)10-8-18)28-15-13-27(14-16-28)19-5-4-6-21(17-19)31-2/h4-10,17,29H,3,11-16H2,1-2H3,(H,24,26)(H,25,30). The molecule has 1 aliphatic rings. The van der Waals surface area contributed by atoms with Crippen LogP contribution in [-0.4, -0.2) is 74.8 Å². The van der Waals surface area contributed by atoms with Crippen LogP contribution in [0, 0.1) is 0 Å². The fraction of sp³-hybridized carbons (Fsp3) is 0.391. The summed E-state index contributed by atoms with van der Waals surface area (Å²) in [6, 6.07) is 14.3. The summed E-state index contributed by atoms with van der Waals surface area (Å²) in [5, 5.41) is 15.5. The second-order valence-electron chi connectivity index (χ2n) is 7.21. The van der Waals surface area contributed by atoms with E-state index in [0.717, 1.165) is 50.1 Å². The topological polar surface area (TPSA) is 89.4 Å². The van der Waals surface area contributed by atoms with Gasteiger partial charge in [-0.25, -0.2) is 0 Å². The Kier molecular flexibility index (Phi) is 7.98. The predicted molar refractivity (Wildman–Crippen MR) is 123 cm³/mol. The summed E-state index contributed by atoms with van der Waals surface area (Å²) in [5.74, 6) is 1.70. The number of nitrogens with one attached hydrogen (secondary N) is 2. The van der Waals surface area contributed by atoms with Gasteiger partial charge in [0.1, 0.15) is 11.5 Å². The first kappa shape index (κ1) is 22.3. The lowest BCUT2D eigenvalue weighted by molar-refractivity contribution is 0.0954. The molecular formula is C23H31N5O3. The van der Waals surface area contributed by atoms with Gasteiger partial charge in [-0.15, -0.1) is 0 Å². The first-order valence-electron chi connectivity index (χ1n) is 10.6. The molecule has 8 nitrogen and oxygen atoms in total. The normalized spacial score (nSPS) is 14.3. The molecule has 0 radical (unpaired) electrons. The molecule has 3 N–H and O–H groups in total. The Morgan fingerprint density at radius 2 is 1.84 bits per heavy atom. The number of guanidine groups is 1. The van der Waals surface area contributed by atoms with Gasteiger partial charge in [-0.3, -0.25) is 9.79 Å². The van der Waals surface area contributed by atoms with Crippen molar-refractivity contribution in [3.8, 4) is 11.5 Å². The van der Waals surface area contributed by atoms with E-state index in [1.807, 2.05) is 12.1 Å². The van der Waals surface area contributed by atoms with Crippen LogP contribution in [0.1, 0.15) is 17.3 Å². The number of phenols is 1. The third kappa shape index (κ3) is 6.28. The van der Waals surface area contributed by atoms with Crippen LogP contribution in [0.15, 0.2) is 53.5 Å². The number of carbonyl (C=O) groups is 1. The zero-order chi connectivity index (χ0) is 22.1. The molecule has 1 fully saturated rings. The molecule has 8 heteroatoms. The van der Waals surface area contributed by atoms with Crippen LogP contribution >= 0.6 is 0 Å². The number of carbonyl (C=O) groups excluding carboxylic acids is 1. The van der Waals surface area contributed by atoms with Gasteiger partial charge in [-0.2, -0.15) is 0 Å². The molecule has 0 aromatic heterocycles. The van der Waals surface area contributed by atoms with Crippen LogP contribution < -0.4 is 20.3 Å². The zero-order valence-electron chi connectivity index (χ0n) is 18.2. The first-order valence-corrected chi connectivity index (χ1v) is 10.6. The van der Waals surface area contributed by atoms with E-state index < -0.39 is 0 Å². The second-order valence-corrected chi connectivity index (χ2v) is 7.21. The lowest BCUT2D eigenvalue weighted by Gasteiger charge is -2.37. The molecule has 2 aromatic rings. The highest BCUT2D eigenvalue weighted by molar-refractivity contribution is 5.94. The number of amides is 1. The summed E-state index contributed by atoms with van der Waals surface area (Å²) in [6.07, 6.45) is 0. The number of piperazine rings is 1. The maximum Gasteiger partial charge on any atom is 0.251 e. The van der Waals surface area contributed by atoms with E-state index in [1.54, 1.807) is 19.2 Å². The van der Waals surface area contributed by atoms with E-state index in [2.05, 4.69) is 44.5 Å². The molecule has 31 heavy (non-hydrogen) atoms. The van der Waals surface area contributed by atoms with Gasteiger partial charge >= 0.3 is 0 Å². The van der Waals surface area contributed by atoms with Crippen molar-refractivity contribution in [3.05, 3.63) is 54.1 Å². The quantitative estimate of drug-likeness (QED) is 0.357. The smallest absolute Gasteiger partial charge is 0.251 e. The maximum absolute atomic E-state index is 12.2. The summed E-state index contributed by atoms with van der Waals surface area (Å²) < 4.78 is 5.33. The minimum Gasteiger partial charge on any atom is -0.508 e. The number of aliphatic imine (C=N–C) groups is 1. The molecule has 1 saturated heterocycles. The Bertz CT molecular complexity index is 877. The molecule has 0 spiro atoms. The number of hydrogen-bond donors (Lipinski definition) is 3. The lowest BCUT2D eigenvalue weighted by atomic mass is 10.2. The highest BCUT2D eigenvalue weighted by Gasteiger charge is 2.20. The van der Waals surface area contributed by atoms with Crippen molar-refractivity contribution in [2.45, 2.75) is 6.92 Å². The molecule has 0 unspecified atom stereocenters. The molecule has 3 rings (SSSR count). The van der Waals surface area contributed by atoms with E-state index in [0.29, 0.717) is 18.7 Å². The van der Waals surface area contributed by atoms with Gasteiger partial charge in [-0.1, -0.05) is 6.07 Å². The number of rotatable bonds is 7. The lowest BCUT2D eigenvalue weighted by Crippen LogP contribution is -2.52. The number of methoxy groups -OCH3 is 1. The first-order chi connectivity index (χ1) is 15.1. The van der Waals surface area contributed by atoms with Gasteiger partial charge in [0.25, 0.3) is 5.91 Å². The molecule has 2 aromatic carbocycles. The van der Waals surface area contributed by atoms with E-state index >= 15 is 0 Å². The zero-order valence-corrected chi connectivity index (χ0v) is 18.2. The Hall–Kier alpha value is -3.42. The van der Waals surface area contributed by atoms with Gasteiger partial charge in [0.2, 0.25) is 0 Å². The number of aromatic hydroxyl groups is 1. The number of benzene rings is 2. The van der Waals surface area contributed by atoms with Gasteiger partial charge < -0.3 is 30.3 Å². The fourth-order valence-corrected chi connectivity index (χ4v) is 3.46. The Balaban J connectivity index is 1.50. The predicted octanol–water partition coefficient (Wildman–Crippen LogP) is 1.92. The molecule has 0 bridgehead atoms. The van der Waals surface area contributed by atoms with E-state index in [4.69, 9.17) is 4.74 Å². The van der Waals surface area contributed by atoms with Crippen LogP contribution in [0.3, 0.4) is 0 Å². The van der Waals surface area contributed by atoms with Crippen molar-refractivity contribution >= 4 is 17.6 Å².